The molecule has 0 radical (unpaired) electrons. The molecule has 18 heavy (non-hydrogen) atoms. The predicted molar refractivity (Wildman–Crippen MR) is 67.1 cm³/mol. The third kappa shape index (κ3) is 5.93. The van der Waals surface area contributed by atoms with Gasteiger partial charge in [-0.3, -0.25) is 4.79 Å². The summed E-state index contributed by atoms with van der Waals surface area (Å²) in [6, 6.07) is 0. The number of hydrogen-bond acceptors (Lipinski definition) is 3. The van der Waals surface area contributed by atoms with E-state index in [0.717, 1.165) is 25.7 Å². The second kappa shape index (κ2) is 8.61. The highest BCUT2D eigenvalue weighted by molar-refractivity contribution is 5.85. The van der Waals surface area contributed by atoms with Gasteiger partial charge < -0.3 is 15.8 Å². The molecule has 1 fully saturated rings. The highest BCUT2D eigenvalue weighted by Crippen LogP contribution is 2.28. The van der Waals surface area contributed by atoms with Crippen LogP contribution in [0.4, 0.5) is 8.78 Å². The predicted octanol–water partition coefficient (Wildman–Crippen LogP) is 1.47. The van der Waals surface area contributed by atoms with Gasteiger partial charge in [-0.05, 0) is 12.8 Å². The molecule has 7 heteroatoms. The number of ether oxygens (including phenoxy) is 1. The summed E-state index contributed by atoms with van der Waals surface area (Å²) >= 11 is 0. The first-order valence-electron chi connectivity index (χ1n) is 5.95. The third-order valence-electron chi connectivity index (χ3n) is 3.07. The Hall–Kier alpha value is -0.460. The van der Waals surface area contributed by atoms with Crippen molar-refractivity contribution >= 4 is 18.3 Å². The van der Waals surface area contributed by atoms with E-state index in [9.17, 15) is 13.6 Å². The minimum atomic E-state index is -2.48. The molecule has 4 nitrogen and oxygen atoms in total. The van der Waals surface area contributed by atoms with Gasteiger partial charge in [0.15, 0.2) is 0 Å². The van der Waals surface area contributed by atoms with Gasteiger partial charge in [-0.1, -0.05) is 12.8 Å². The number of hydrogen-bond donors (Lipinski definition) is 2. The topological polar surface area (TPSA) is 64.3 Å². The lowest BCUT2D eigenvalue weighted by atomic mass is 9.98. The van der Waals surface area contributed by atoms with Crippen molar-refractivity contribution in [3.63, 3.8) is 0 Å². The van der Waals surface area contributed by atoms with Gasteiger partial charge in [0.25, 0.3) is 6.43 Å². The van der Waals surface area contributed by atoms with Crippen LogP contribution in [0.25, 0.3) is 0 Å². The minimum Gasteiger partial charge on any atom is -0.375 e. The maximum atomic E-state index is 11.8. The lowest BCUT2D eigenvalue weighted by Crippen LogP contribution is -2.51. The van der Waals surface area contributed by atoms with E-state index in [1.807, 2.05) is 0 Å². The largest absolute Gasteiger partial charge is 0.375 e. The summed E-state index contributed by atoms with van der Waals surface area (Å²) in [7, 11) is 0. The molecule has 0 spiro atoms. The number of carbonyl (C=O) groups excluding carboxylic acids is 1. The van der Waals surface area contributed by atoms with Gasteiger partial charge in [0.05, 0.1) is 12.1 Å². The molecule has 0 aromatic heterocycles. The van der Waals surface area contributed by atoms with Crippen LogP contribution in [0.3, 0.4) is 0 Å². The van der Waals surface area contributed by atoms with Gasteiger partial charge >= 0.3 is 0 Å². The first-order chi connectivity index (χ1) is 8.08. The first kappa shape index (κ1) is 17.5. The molecule has 0 bridgehead atoms. The van der Waals surface area contributed by atoms with Gasteiger partial charge in [0, 0.05) is 13.0 Å². The summed E-state index contributed by atoms with van der Waals surface area (Å²) in [6.07, 6.45) is 1.55. The lowest BCUT2D eigenvalue weighted by molar-refractivity contribution is -0.124. The molecule has 0 atom stereocenters. The number of rotatable bonds is 7. The maximum Gasteiger partial charge on any atom is 0.261 e. The van der Waals surface area contributed by atoms with Crippen molar-refractivity contribution in [3.05, 3.63) is 0 Å². The molecule has 1 aliphatic carbocycles. The van der Waals surface area contributed by atoms with Crippen LogP contribution < -0.4 is 11.1 Å². The van der Waals surface area contributed by atoms with E-state index in [0.29, 0.717) is 6.54 Å². The normalized spacial score (nSPS) is 17.6. The molecule has 1 amide bonds. The molecule has 3 N–H and O–H groups in total. The van der Waals surface area contributed by atoms with Crippen LogP contribution in [0.1, 0.15) is 32.1 Å². The van der Waals surface area contributed by atoms with Gasteiger partial charge in [0.1, 0.15) is 6.61 Å². The van der Waals surface area contributed by atoms with Crippen molar-refractivity contribution in [3.8, 4) is 0 Å². The maximum absolute atomic E-state index is 11.8. The summed E-state index contributed by atoms with van der Waals surface area (Å²) in [4.78, 5) is 11.6. The number of amides is 1. The van der Waals surface area contributed by atoms with Crippen LogP contribution >= 0.6 is 12.4 Å². The van der Waals surface area contributed by atoms with E-state index in [1.54, 1.807) is 0 Å². The van der Waals surface area contributed by atoms with Crippen LogP contribution in [-0.4, -0.2) is 37.6 Å². The van der Waals surface area contributed by atoms with Gasteiger partial charge in [0.2, 0.25) is 5.91 Å². The van der Waals surface area contributed by atoms with Crippen LogP contribution in [0.5, 0.6) is 0 Å². The quantitative estimate of drug-likeness (QED) is 0.697. The van der Waals surface area contributed by atoms with Crippen LogP contribution in [-0.2, 0) is 9.53 Å². The van der Waals surface area contributed by atoms with Crippen molar-refractivity contribution in [2.75, 3.05) is 19.8 Å². The Labute approximate surface area is 112 Å². The number of halogens is 3. The number of carbonyl (C=O) groups is 1. The summed E-state index contributed by atoms with van der Waals surface area (Å²) in [5, 5.41) is 2.90. The van der Waals surface area contributed by atoms with Crippen molar-refractivity contribution < 1.29 is 18.3 Å². The molecule has 0 unspecified atom stereocenters. The Bertz CT molecular complexity index is 249. The highest BCUT2D eigenvalue weighted by atomic mass is 35.5. The fourth-order valence-corrected chi connectivity index (χ4v) is 2.13. The molecule has 1 rings (SSSR count). The molecule has 1 aliphatic rings. The molecule has 0 aromatic carbocycles. The van der Waals surface area contributed by atoms with E-state index in [1.165, 1.54) is 0 Å². The van der Waals surface area contributed by atoms with Crippen molar-refractivity contribution in [2.24, 2.45) is 5.73 Å². The summed E-state index contributed by atoms with van der Waals surface area (Å²) in [6.45, 7) is -0.164. The molecule has 0 aromatic rings. The Balaban J connectivity index is 0.00000289. The first-order valence-corrected chi connectivity index (χ1v) is 5.95. The van der Waals surface area contributed by atoms with E-state index < -0.39 is 13.0 Å². The average Bonchev–Trinajstić information content (AvgIpc) is 2.73. The molecular weight excluding hydrogens is 266 g/mol. The second-order valence-corrected chi connectivity index (χ2v) is 4.46. The van der Waals surface area contributed by atoms with E-state index in [2.05, 4.69) is 10.1 Å². The van der Waals surface area contributed by atoms with Crippen molar-refractivity contribution in [1.82, 2.24) is 5.32 Å². The Morgan fingerprint density at radius 1 is 1.39 bits per heavy atom. The Morgan fingerprint density at radius 2 is 2.00 bits per heavy atom. The Morgan fingerprint density at radius 3 is 2.50 bits per heavy atom. The molecule has 1 saturated carbocycles. The average molecular weight is 287 g/mol. The Kier molecular flexibility index (Phi) is 8.39. The molecule has 0 saturated heterocycles. The number of nitrogens with two attached hydrogens (primary N) is 1. The molecule has 0 aliphatic heterocycles. The van der Waals surface area contributed by atoms with E-state index in [-0.39, 0.29) is 36.9 Å². The smallest absolute Gasteiger partial charge is 0.261 e. The van der Waals surface area contributed by atoms with Crippen LogP contribution in [0.2, 0.25) is 0 Å². The molecular formula is C11H21ClF2N2O2. The fraction of sp³-hybridized carbons (Fsp3) is 0.909. The monoisotopic (exact) mass is 286 g/mol. The molecule has 108 valence electrons. The number of nitrogens with one attached hydrogen (secondary N) is 1. The van der Waals surface area contributed by atoms with Crippen molar-refractivity contribution in [2.45, 2.75) is 44.1 Å². The van der Waals surface area contributed by atoms with Gasteiger partial charge in [-0.15, -0.1) is 12.4 Å². The third-order valence-corrected chi connectivity index (χ3v) is 3.07. The lowest BCUT2D eigenvalue weighted by Gasteiger charge is -2.28. The van der Waals surface area contributed by atoms with Crippen LogP contribution in [0, 0.1) is 0 Å². The van der Waals surface area contributed by atoms with Gasteiger partial charge in [-0.2, -0.15) is 0 Å². The zero-order chi connectivity index (χ0) is 12.7. The summed E-state index contributed by atoms with van der Waals surface area (Å²) in [5.74, 6) is -0.174. The standard InChI is InChI=1S/C11H20F2N2O2.ClH/c12-9(13)7-17-6-3-10(16)15-11(8-14)4-1-2-5-11;/h9H,1-8,14H2,(H,15,16);1H. The zero-order valence-electron chi connectivity index (χ0n) is 10.3. The number of alkyl halides is 2. The van der Waals surface area contributed by atoms with E-state index in [4.69, 9.17) is 5.73 Å². The molecule has 0 heterocycles. The SMILES string of the molecule is Cl.NCC1(NC(=O)CCOCC(F)F)CCCC1. The van der Waals surface area contributed by atoms with Crippen molar-refractivity contribution in [1.29, 1.82) is 0 Å². The van der Waals surface area contributed by atoms with Crippen LogP contribution in [0.15, 0.2) is 0 Å². The minimum absolute atomic E-state index is 0. The second-order valence-electron chi connectivity index (χ2n) is 4.46. The summed E-state index contributed by atoms with van der Waals surface area (Å²) in [5.41, 5.74) is 5.39. The fourth-order valence-electron chi connectivity index (χ4n) is 2.13. The van der Waals surface area contributed by atoms with Gasteiger partial charge in [-0.25, -0.2) is 8.78 Å². The zero-order valence-corrected chi connectivity index (χ0v) is 11.1. The highest BCUT2D eigenvalue weighted by Gasteiger charge is 2.33. The summed E-state index contributed by atoms with van der Waals surface area (Å²) < 4.78 is 28.2. The van der Waals surface area contributed by atoms with E-state index >= 15 is 0 Å².